The lowest BCUT2D eigenvalue weighted by molar-refractivity contribution is 0.442. The van der Waals surface area contributed by atoms with Gasteiger partial charge in [-0.05, 0) is 49.3 Å². The first-order valence-corrected chi connectivity index (χ1v) is 6.38. The zero-order chi connectivity index (χ0) is 13.2. The Kier molecular flexibility index (Phi) is 4.21. The average molecular weight is 235 g/mol. The minimum absolute atomic E-state index is 0.298. The van der Waals surface area contributed by atoms with E-state index in [0.717, 1.165) is 17.5 Å². The number of phenols is 1. The van der Waals surface area contributed by atoms with E-state index in [2.05, 4.69) is 26.8 Å². The van der Waals surface area contributed by atoms with Gasteiger partial charge in [0.25, 0.3) is 0 Å². The van der Waals surface area contributed by atoms with Gasteiger partial charge in [0.05, 0.1) is 0 Å². The van der Waals surface area contributed by atoms with Crippen LogP contribution in [0.1, 0.15) is 57.2 Å². The summed E-state index contributed by atoms with van der Waals surface area (Å²) in [4.78, 5) is 0. The second kappa shape index (κ2) is 5.09. The fraction of sp³-hybridized carbons (Fsp3) is 0.600. The number of hydrogen-bond acceptors (Lipinski definition) is 2. The average Bonchev–Trinajstić information content (AvgIpc) is 2.18. The Morgan fingerprint density at radius 1 is 1.29 bits per heavy atom. The number of nitrogens with two attached hydrogens (primary N) is 1. The van der Waals surface area contributed by atoms with Crippen molar-refractivity contribution in [3.05, 3.63) is 28.8 Å². The summed E-state index contributed by atoms with van der Waals surface area (Å²) in [5.74, 6) is 0.849. The van der Waals surface area contributed by atoms with E-state index in [1.165, 1.54) is 5.56 Å². The largest absolute Gasteiger partial charge is 0.507 e. The third-order valence-corrected chi connectivity index (χ3v) is 3.04. The lowest BCUT2D eigenvalue weighted by Gasteiger charge is -2.24. The van der Waals surface area contributed by atoms with Crippen molar-refractivity contribution in [3.63, 3.8) is 0 Å². The summed E-state index contributed by atoms with van der Waals surface area (Å²) in [6, 6.07) is 4.15. The van der Waals surface area contributed by atoms with Gasteiger partial charge in [-0.2, -0.15) is 0 Å². The first-order valence-electron chi connectivity index (χ1n) is 6.38. The molecule has 0 amide bonds. The Labute approximate surface area is 105 Å². The molecule has 3 N–H and O–H groups in total. The minimum atomic E-state index is -0.298. The van der Waals surface area contributed by atoms with Gasteiger partial charge >= 0.3 is 0 Å². The Morgan fingerprint density at radius 3 is 2.29 bits per heavy atom. The van der Waals surface area contributed by atoms with Gasteiger partial charge in [-0.25, -0.2) is 0 Å². The maximum Gasteiger partial charge on any atom is 0.122 e. The lowest BCUT2D eigenvalue weighted by atomic mass is 9.86. The smallest absolute Gasteiger partial charge is 0.122 e. The van der Waals surface area contributed by atoms with E-state index in [9.17, 15) is 5.11 Å². The number of aromatic hydroxyl groups is 1. The minimum Gasteiger partial charge on any atom is -0.507 e. The molecule has 0 fully saturated rings. The first-order chi connectivity index (χ1) is 7.76. The molecule has 0 saturated carbocycles. The number of phenolic OH excluding ortho intramolecular Hbond substituents is 1. The van der Waals surface area contributed by atoms with Gasteiger partial charge < -0.3 is 10.8 Å². The molecule has 0 bridgehead atoms. The van der Waals surface area contributed by atoms with Crippen molar-refractivity contribution in [2.24, 2.45) is 5.73 Å². The predicted octanol–water partition coefficient (Wildman–Crippen LogP) is 3.36. The molecule has 0 spiro atoms. The molecule has 2 nitrogen and oxygen atoms in total. The van der Waals surface area contributed by atoms with E-state index in [1.54, 1.807) is 0 Å². The predicted molar refractivity (Wildman–Crippen MR) is 73.5 cm³/mol. The Hall–Kier alpha value is -1.02. The molecule has 0 aliphatic heterocycles. The quantitative estimate of drug-likeness (QED) is 0.840. The molecule has 0 aromatic heterocycles. The van der Waals surface area contributed by atoms with Crippen LogP contribution < -0.4 is 5.73 Å². The number of benzene rings is 1. The van der Waals surface area contributed by atoms with Crippen LogP contribution in [-0.2, 0) is 12.8 Å². The molecule has 17 heavy (non-hydrogen) atoms. The van der Waals surface area contributed by atoms with Crippen molar-refractivity contribution in [3.8, 4) is 5.75 Å². The van der Waals surface area contributed by atoms with Crippen LogP contribution in [0.4, 0.5) is 0 Å². The van der Waals surface area contributed by atoms with Crippen LogP contribution in [0, 0.1) is 0 Å². The topological polar surface area (TPSA) is 46.2 Å². The standard InChI is InChI=1S/C15H25NO/c1-6-11-7-8-12(10(2)3)13(14(11)17)9-15(4,5)16/h7-8,10,17H,6,9,16H2,1-5H3. The SMILES string of the molecule is CCc1ccc(C(C)C)c(CC(C)(C)N)c1O. The Morgan fingerprint density at radius 2 is 1.88 bits per heavy atom. The van der Waals surface area contributed by atoms with Gasteiger partial charge in [-0.1, -0.05) is 32.9 Å². The first kappa shape index (κ1) is 14.0. The molecule has 0 aliphatic carbocycles. The van der Waals surface area contributed by atoms with Crippen LogP contribution in [-0.4, -0.2) is 10.6 Å². The van der Waals surface area contributed by atoms with E-state index in [0.29, 0.717) is 18.1 Å². The van der Waals surface area contributed by atoms with Crippen molar-refractivity contribution >= 4 is 0 Å². The fourth-order valence-electron chi connectivity index (χ4n) is 2.17. The second-order valence-corrected chi connectivity index (χ2v) is 5.81. The molecule has 1 rings (SSSR count). The van der Waals surface area contributed by atoms with E-state index < -0.39 is 0 Å². The lowest BCUT2D eigenvalue weighted by Crippen LogP contribution is -2.35. The molecule has 0 radical (unpaired) electrons. The van der Waals surface area contributed by atoms with Gasteiger partial charge in [-0.3, -0.25) is 0 Å². The molecule has 0 aliphatic rings. The Bertz CT molecular complexity index is 389. The van der Waals surface area contributed by atoms with Crippen LogP contribution >= 0.6 is 0 Å². The molecule has 1 aromatic carbocycles. The van der Waals surface area contributed by atoms with Gasteiger partial charge in [-0.15, -0.1) is 0 Å². The number of hydrogen-bond donors (Lipinski definition) is 2. The number of rotatable bonds is 4. The maximum absolute atomic E-state index is 10.3. The molecule has 0 atom stereocenters. The van der Waals surface area contributed by atoms with Gasteiger partial charge in [0.2, 0.25) is 0 Å². The summed E-state index contributed by atoms with van der Waals surface area (Å²) in [5.41, 5.74) is 9.02. The van der Waals surface area contributed by atoms with Crippen molar-refractivity contribution in [1.29, 1.82) is 0 Å². The third kappa shape index (κ3) is 3.47. The molecule has 0 heterocycles. The van der Waals surface area contributed by atoms with Gasteiger partial charge in [0.15, 0.2) is 0 Å². The third-order valence-electron chi connectivity index (χ3n) is 3.04. The van der Waals surface area contributed by atoms with E-state index >= 15 is 0 Å². The molecule has 0 unspecified atom stereocenters. The van der Waals surface area contributed by atoms with Crippen LogP contribution in [0.2, 0.25) is 0 Å². The summed E-state index contributed by atoms with van der Waals surface area (Å²) in [6.07, 6.45) is 1.56. The van der Waals surface area contributed by atoms with Crippen molar-refractivity contribution in [2.75, 3.05) is 0 Å². The van der Waals surface area contributed by atoms with Crippen LogP contribution in [0.25, 0.3) is 0 Å². The highest BCUT2D eigenvalue weighted by molar-refractivity contribution is 5.47. The van der Waals surface area contributed by atoms with Crippen molar-refractivity contribution in [1.82, 2.24) is 0 Å². The Balaban J connectivity index is 3.30. The van der Waals surface area contributed by atoms with Crippen LogP contribution in [0.15, 0.2) is 12.1 Å². The van der Waals surface area contributed by atoms with Gasteiger partial charge in [0, 0.05) is 5.54 Å². The zero-order valence-electron chi connectivity index (χ0n) is 11.7. The van der Waals surface area contributed by atoms with Crippen LogP contribution in [0.3, 0.4) is 0 Å². The highest BCUT2D eigenvalue weighted by Gasteiger charge is 2.20. The normalized spacial score (nSPS) is 12.2. The highest BCUT2D eigenvalue weighted by Crippen LogP contribution is 2.33. The van der Waals surface area contributed by atoms with Crippen molar-refractivity contribution < 1.29 is 5.11 Å². The molecule has 1 aromatic rings. The second-order valence-electron chi connectivity index (χ2n) is 5.81. The monoisotopic (exact) mass is 235 g/mol. The fourth-order valence-corrected chi connectivity index (χ4v) is 2.17. The summed E-state index contributed by atoms with van der Waals surface area (Å²) in [7, 11) is 0. The molecular formula is C15H25NO. The molecule has 2 heteroatoms. The highest BCUT2D eigenvalue weighted by atomic mass is 16.3. The number of aryl methyl sites for hydroxylation is 1. The van der Waals surface area contributed by atoms with E-state index in [-0.39, 0.29) is 5.54 Å². The van der Waals surface area contributed by atoms with Crippen LogP contribution in [0.5, 0.6) is 5.75 Å². The zero-order valence-corrected chi connectivity index (χ0v) is 11.7. The maximum atomic E-state index is 10.3. The summed E-state index contributed by atoms with van der Waals surface area (Å²) in [6.45, 7) is 10.3. The van der Waals surface area contributed by atoms with Crippen molar-refractivity contribution in [2.45, 2.75) is 58.9 Å². The molecular weight excluding hydrogens is 210 g/mol. The van der Waals surface area contributed by atoms with E-state index in [4.69, 9.17) is 5.73 Å². The summed E-state index contributed by atoms with van der Waals surface area (Å²) >= 11 is 0. The summed E-state index contributed by atoms with van der Waals surface area (Å²) < 4.78 is 0. The van der Waals surface area contributed by atoms with E-state index in [1.807, 2.05) is 19.9 Å². The molecule has 96 valence electrons. The summed E-state index contributed by atoms with van der Waals surface area (Å²) in [5, 5.41) is 10.3. The molecule has 0 saturated heterocycles. The van der Waals surface area contributed by atoms with Gasteiger partial charge in [0.1, 0.15) is 5.75 Å².